The monoisotopic (exact) mass is 411 g/mol. The lowest BCUT2D eigenvalue weighted by Crippen LogP contribution is -2.42. The molecule has 27 heavy (non-hydrogen) atoms. The Balaban J connectivity index is 4.35. The maximum Gasteiger partial charge on any atom is 0.335 e. The van der Waals surface area contributed by atoms with E-state index in [0.29, 0.717) is 0 Å². The summed E-state index contributed by atoms with van der Waals surface area (Å²) in [5, 5.41) is 12.5. The number of hydrogen-bond acceptors (Lipinski definition) is 9. The van der Waals surface area contributed by atoms with E-state index in [-0.39, 0.29) is 44.3 Å². The van der Waals surface area contributed by atoms with Crippen molar-refractivity contribution in [1.82, 2.24) is 5.32 Å². The fraction of sp³-hybridized carbons (Fsp3) is 0.812. The van der Waals surface area contributed by atoms with E-state index in [1.165, 1.54) is 20.8 Å². The summed E-state index contributed by atoms with van der Waals surface area (Å²) in [6.45, 7) is 5.24. The number of carbonyl (C=O) groups is 3. The van der Waals surface area contributed by atoms with E-state index in [4.69, 9.17) is 13.7 Å². The van der Waals surface area contributed by atoms with Crippen LogP contribution in [0.1, 0.15) is 40.5 Å². The van der Waals surface area contributed by atoms with Crippen molar-refractivity contribution in [2.45, 2.75) is 46.6 Å². The predicted octanol–water partition coefficient (Wildman–Crippen LogP) is -0.257. The van der Waals surface area contributed by atoms with Gasteiger partial charge in [-0.1, -0.05) is 20.8 Å². The van der Waals surface area contributed by atoms with E-state index in [0.717, 1.165) is 0 Å². The molecular formula is C16H29NO9S. The van der Waals surface area contributed by atoms with Crippen LogP contribution in [-0.4, -0.2) is 69.6 Å². The topological polar surface area (TPSA) is 145 Å². The summed E-state index contributed by atoms with van der Waals surface area (Å²) in [5.74, 6) is -1.99. The van der Waals surface area contributed by atoms with Crippen LogP contribution in [0.25, 0.3) is 0 Å². The Bertz CT molecular complexity index is 601. The van der Waals surface area contributed by atoms with Gasteiger partial charge in [0, 0.05) is 25.3 Å². The summed E-state index contributed by atoms with van der Waals surface area (Å²) in [7, 11) is -3.88. The molecule has 158 valence electrons. The Morgan fingerprint density at radius 2 is 1.74 bits per heavy atom. The van der Waals surface area contributed by atoms with Gasteiger partial charge in [-0.15, -0.1) is 0 Å². The van der Waals surface area contributed by atoms with Crippen LogP contribution in [0.5, 0.6) is 0 Å². The summed E-state index contributed by atoms with van der Waals surface area (Å²) in [6, 6.07) is 0. The fourth-order valence-corrected chi connectivity index (χ4v) is 2.79. The number of carbonyl (C=O) groups excluding carboxylic acids is 3. The van der Waals surface area contributed by atoms with Gasteiger partial charge >= 0.3 is 11.9 Å². The zero-order valence-corrected chi connectivity index (χ0v) is 17.0. The highest BCUT2D eigenvalue weighted by atomic mass is 32.2. The molecule has 1 amide bonds. The molecule has 2 N–H and O–H groups in total. The Morgan fingerprint density at radius 3 is 2.30 bits per heavy atom. The largest absolute Gasteiger partial charge is 0.462 e. The van der Waals surface area contributed by atoms with Gasteiger partial charge in [0.2, 0.25) is 5.91 Å². The number of amides is 1. The quantitative estimate of drug-likeness (QED) is 0.238. The van der Waals surface area contributed by atoms with E-state index in [2.05, 4.69) is 5.32 Å². The van der Waals surface area contributed by atoms with Gasteiger partial charge in [-0.05, 0) is 6.42 Å². The van der Waals surface area contributed by atoms with Crippen molar-refractivity contribution in [2.24, 2.45) is 5.41 Å². The van der Waals surface area contributed by atoms with Gasteiger partial charge in [-0.3, -0.25) is 13.8 Å². The SMILES string of the molecule is CCC(=O)OCCOC(=O)[C@H](O)C(C)(C)COS(=O)(=O)CCCNC(C)=O. The molecule has 0 heterocycles. The molecule has 0 rings (SSSR count). The molecule has 0 aromatic heterocycles. The standard InChI is InChI=1S/C16H29NO9S/c1-5-13(19)24-8-9-25-15(21)14(20)16(3,4)11-26-27(22,23)10-6-7-17-12(2)18/h14,20H,5-11H2,1-4H3,(H,17,18)/t14-/m0/s1. The first kappa shape index (κ1) is 25.3. The molecule has 0 aromatic rings. The van der Waals surface area contributed by atoms with Crippen LogP contribution in [0.4, 0.5) is 0 Å². The van der Waals surface area contributed by atoms with Crippen molar-refractivity contribution in [3.05, 3.63) is 0 Å². The summed E-state index contributed by atoms with van der Waals surface area (Å²) >= 11 is 0. The third kappa shape index (κ3) is 11.6. The molecule has 0 unspecified atom stereocenters. The van der Waals surface area contributed by atoms with Gasteiger partial charge in [0.25, 0.3) is 10.1 Å². The zero-order chi connectivity index (χ0) is 21.1. The average Bonchev–Trinajstić information content (AvgIpc) is 2.59. The maximum atomic E-state index is 11.8. The number of esters is 2. The molecule has 11 heteroatoms. The molecule has 0 bridgehead atoms. The summed E-state index contributed by atoms with van der Waals surface area (Å²) in [6.07, 6.45) is -1.27. The second kappa shape index (κ2) is 11.9. The number of hydrogen-bond donors (Lipinski definition) is 2. The molecule has 0 aliphatic carbocycles. The van der Waals surface area contributed by atoms with E-state index in [1.807, 2.05) is 0 Å². The Labute approximate surface area is 159 Å². The van der Waals surface area contributed by atoms with E-state index >= 15 is 0 Å². The van der Waals surface area contributed by atoms with Crippen LogP contribution in [0.3, 0.4) is 0 Å². The minimum atomic E-state index is -3.88. The summed E-state index contributed by atoms with van der Waals surface area (Å²) in [5.41, 5.74) is -1.23. The highest BCUT2D eigenvalue weighted by molar-refractivity contribution is 7.86. The first-order valence-corrected chi connectivity index (χ1v) is 10.1. The van der Waals surface area contributed by atoms with Gasteiger partial charge in [0.1, 0.15) is 13.2 Å². The summed E-state index contributed by atoms with van der Waals surface area (Å²) in [4.78, 5) is 33.5. The van der Waals surface area contributed by atoms with Gasteiger partial charge < -0.3 is 19.9 Å². The number of rotatable bonds is 13. The normalized spacial score (nSPS) is 12.9. The maximum absolute atomic E-state index is 11.8. The van der Waals surface area contributed by atoms with Crippen molar-refractivity contribution in [1.29, 1.82) is 0 Å². The fourth-order valence-electron chi connectivity index (χ4n) is 1.69. The third-order valence-electron chi connectivity index (χ3n) is 3.40. The van der Waals surface area contributed by atoms with Crippen molar-refractivity contribution in [2.75, 3.05) is 32.1 Å². The van der Waals surface area contributed by atoms with Crippen molar-refractivity contribution in [3.8, 4) is 0 Å². The lowest BCUT2D eigenvalue weighted by Gasteiger charge is -2.28. The highest BCUT2D eigenvalue weighted by Gasteiger charge is 2.36. The van der Waals surface area contributed by atoms with Crippen LogP contribution in [0.15, 0.2) is 0 Å². The first-order valence-electron chi connectivity index (χ1n) is 8.53. The molecule has 0 aliphatic heterocycles. The Hall–Kier alpha value is -1.72. The third-order valence-corrected chi connectivity index (χ3v) is 4.66. The summed E-state index contributed by atoms with van der Waals surface area (Å²) < 4.78 is 38.1. The minimum absolute atomic E-state index is 0.134. The van der Waals surface area contributed by atoms with Crippen LogP contribution >= 0.6 is 0 Å². The number of nitrogens with one attached hydrogen (secondary N) is 1. The van der Waals surface area contributed by atoms with Gasteiger partial charge in [0.05, 0.1) is 12.4 Å². The molecule has 0 aliphatic rings. The van der Waals surface area contributed by atoms with Crippen LogP contribution in [-0.2, 0) is 38.2 Å². The van der Waals surface area contributed by atoms with Gasteiger partial charge in [0.15, 0.2) is 6.10 Å². The van der Waals surface area contributed by atoms with Crippen LogP contribution in [0.2, 0.25) is 0 Å². The van der Waals surface area contributed by atoms with Gasteiger partial charge in [-0.25, -0.2) is 4.79 Å². The van der Waals surface area contributed by atoms with Crippen LogP contribution < -0.4 is 5.32 Å². The highest BCUT2D eigenvalue weighted by Crippen LogP contribution is 2.23. The molecule has 0 radical (unpaired) electrons. The molecule has 0 fully saturated rings. The molecule has 0 spiro atoms. The van der Waals surface area contributed by atoms with Crippen molar-refractivity contribution < 1.29 is 41.6 Å². The molecular weight excluding hydrogens is 382 g/mol. The van der Waals surface area contributed by atoms with E-state index in [1.54, 1.807) is 6.92 Å². The van der Waals surface area contributed by atoms with E-state index in [9.17, 15) is 27.9 Å². The number of aliphatic hydroxyl groups is 1. The average molecular weight is 411 g/mol. The lowest BCUT2D eigenvalue weighted by atomic mass is 9.88. The zero-order valence-electron chi connectivity index (χ0n) is 16.1. The minimum Gasteiger partial charge on any atom is -0.462 e. The van der Waals surface area contributed by atoms with Gasteiger partial charge in [-0.2, -0.15) is 8.42 Å². The molecule has 10 nitrogen and oxygen atoms in total. The molecule has 0 saturated heterocycles. The lowest BCUT2D eigenvalue weighted by molar-refractivity contribution is -0.165. The smallest absolute Gasteiger partial charge is 0.335 e. The number of ether oxygens (including phenoxy) is 2. The Morgan fingerprint density at radius 1 is 1.15 bits per heavy atom. The predicted molar refractivity (Wildman–Crippen MR) is 95.0 cm³/mol. The van der Waals surface area contributed by atoms with Crippen molar-refractivity contribution >= 4 is 28.0 Å². The van der Waals surface area contributed by atoms with Crippen molar-refractivity contribution in [3.63, 3.8) is 0 Å². The number of aliphatic hydroxyl groups excluding tert-OH is 1. The Kier molecular flexibility index (Phi) is 11.1. The molecule has 0 saturated carbocycles. The molecule has 0 aromatic carbocycles. The molecule has 1 atom stereocenters. The first-order chi connectivity index (χ1) is 12.4. The second-order valence-electron chi connectivity index (χ2n) is 6.49. The van der Waals surface area contributed by atoms with E-state index < -0.39 is 40.2 Å². The second-order valence-corrected chi connectivity index (χ2v) is 8.25. The van der Waals surface area contributed by atoms with Crippen LogP contribution in [0, 0.1) is 5.41 Å².